The van der Waals surface area contributed by atoms with Gasteiger partial charge in [-0.05, 0) is 32.4 Å². The molecule has 1 aromatic carbocycles. The second kappa shape index (κ2) is 6.87. The summed E-state index contributed by atoms with van der Waals surface area (Å²) < 4.78 is 49.1. The number of amides is 1. The van der Waals surface area contributed by atoms with Gasteiger partial charge in [-0.1, -0.05) is 17.7 Å². The summed E-state index contributed by atoms with van der Waals surface area (Å²) in [5, 5.41) is 8.90. The number of aryl methyl sites for hydroxylation is 2. The van der Waals surface area contributed by atoms with E-state index in [1.807, 2.05) is 26.0 Å². The van der Waals surface area contributed by atoms with Gasteiger partial charge in [-0.3, -0.25) is 4.79 Å². The monoisotopic (exact) mass is 372 g/mol. The van der Waals surface area contributed by atoms with E-state index in [1.54, 1.807) is 6.07 Å². The van der Waals surface area contributed by atoms with Gasteiger partial charge in [-0.2, -0.15) is 9.90 Å². The summed E-state index contributed by atoms with van der Waals surface area (Å²) in [7, 11) is -3.99. The van der Waals surface area contributed by atoms with E-state index in [0.717, 1.165) is 17.4 Å². The predicted molar refractivity (Wildman–Crippen MR) is 87.3 cm³/mol. The Morgan fingerprint density at radius 1 is 1.24 bits per heavy atom. The van der Waals surface area contributed by atoms with Crippen molar-refractivity contribution in [2.75, 3.05) is 11.6 Å². The highest BCUT2D eigenvalue weighted by Crippen LogP contribution is 2.24. The molecule has 0 saturated carbocycles. The highest BCUT2D eigenvalue weighted by molar-refractivity contribution is 7.90. The van der Waals surface area contributed by atoms with Crippen molar-refractivity contribution >= 4 is 21.4 Å². The molecule has 2 rings (SSSR count). The standard InChI is InChI=1S/C15H18F2N4O3S/c1-8-5-6-11(9(2)7-8)18-14(22)10(3)21-19-12(13(16)17)15(20-21)25(4,23)24/h5-7,10,13H,1-4H3,(H,18,22)/t10-/m0/s1. The van der Waals surface area contributed by atoms with Crippen LogP contribution in [0.15, 0.2) is 23.2 Å². The van der Waals surface area contributed by atoms with E-state index in [4.69, 9.17) is 0 Å². The van der Waals surface area contributed by atoms with Crippen LogP contribution in [0, 0.1) is 13.8 Å². The normalized spacial score (nSPS) is 13.1. The molecule has 0 aliphatic heterocycles. The molecule has 1 atom stereocenters. The minimum absolute atomic E-state index is 0.553. The summed E-state index contributed by atoms with van der Waals surface area (Å²) >= 11 is 0. The second-order valence-corrected chi connectivity index (χ2v) is 7.70. The number of sulfone groups is 1. The fraction of sp³-hybridized carbons (Fsp3) is 0.400. The fourth-order valence-electron chi connectivity index (χ4n) is 2.19. The summed E-state index contributed by atoms with van der Waals surface area (Å²) in [6.07, 6.45) is -2.36. The Balaban J connectivity index is 2.30. The summed E-state index contributed by atoms with van der Waals surface area (Å²) in [6.45, 7) is 5.11. The number of carbonyl (C=O) groups is 1. The molecular formula is C15H18F2N4O3S. The quantitative estimate of drug-likeness (QED) is 0.870. The van der Waals surface area contributed by atoms with Crippen molar-refractivity contribution in [2.45, 2.75) is 38.3 Å². The Bertz CT molecular complexity index is 909. The molecule has 0 saturated heterocycles. The average Bonchev–Trinajstić information content (AvgIpc) is 2.94. The van der Waals surface area contributed by atoms with Crippen molar-refractivity contribution in [3.8, 4) is 0 Å². The fourth-order valence-corrected chi connectivity index (χ4v) is 2.93. The number of hydrogen-bond acceptors (Lipinski definition) is 5. The first-order valence-corrected chi connectivity index (χ1v) is 9.23. The van der Waals surface area contributed by atoms with Gasteiger partial charge in [0.25, 0.3) is 12.3 Å². The SMILES string of the molecule is Cc1ccc(NC(=O)[C@H](C)n2nc(C(F)F)c(S(C)(=O)=O)n2)c(C)c1. The van der Waals surface area contributed by atoms with E-state index in [0.29, 0.717) is 10.5 Å². The Labute approximate surface area is 144 Å². The number of anilines is 1. The minimum atomic E-state index is -3.99. The molecule has 0 unspecified atom stereocenters. The molecular weight excluding hydrogens is 354 g/mol. The molecule has 2 aromatic rings. The Hall–Kier alpha value is -2.36. The van der Waals surface area contributed by atoms with Crippen molar-refractivity contribution in [3.63, 3.8) is 0 Å². The Kier molecular flexibility index (Phi) is 5.21. The van der Waals surface area contributed by atoms with E-state index >= 15 is 0 Å². The molecule has 1 aromatic heterocycles. The summed E-state index contributed by atoms with van der Waals surface area (Å²) in [6, 6.07) is 4.34. The third kappa shape index (κ3) is 4.19. The van der Waals surface area contributed by atoms with E-state index in [9.17, 15) is 22.0 Å². The van der Waals surface area contributed by atoms with Gasteiger partial charge >= 0.3 is 0 Å². The molecule has 0 radical (unpaired) electrons. The van der Waals surface area contributed by atoms with Crippen LogP contribution in [-0.2, 0) is 14.6 Å². The van der Waals surface area contributed by atoms with Crippen molar-refractivity contribution in [2.24, 2.45) is 0 Å². The van der Waals surface area contributed by atoms with Gasteiger partial charge in [0.15, 0.2) is 15.5 Å². The van der Waals surface area contributed by atoms with E-state index in [-0.39, 0.29) is 0 Å². The lowest BCUT2D eigenvalue weighted by Crippen LogP contribution is -2.26. The van der Waals surface area contributed by atoms with Gasteiger partial charge in [0, 0.05) is 11.9 Å². The van der Waals surface area contributed by atoms with Gasteiger partial charge in [-0.25, -0.2) is 17.2 Å². The highest BCUT2D eigenvalue weighted by atomic mass is 32.2. The van der Waals surface area contributed by atoms with Crippen LogP contribution < -0.4 is 5.32 Å². The largest absolute Gasteiger partial charge is 0.324 e. The Morgan fingerprint density at radius 2 is 1.88 bits per heavy atom. The summed E-state index contributed by atoms with van der Waals surface area (Å²) in [5.41, 5.74) is 1.46. The highest BCUT2D eigenvalue weighted by Gasteiger charge is 2.29. The third-order valence-corrected chi connectivity index (χ3v) is 4.54. The molecule has 1 amide bonds. The van der Waals surface area contributed by atoms with Crippen molar-refractivity contribution in [1.82, 2.24) is 15.0 Å². The van der Waals surface area contributed by atoms with Gasteiger partial charge in [0.05, 0.1) is 0 Å². The predicted octanol–water partition coefficient (Wildman–Crippen LogP) is 2.44. The number of benzene rings is 1. The summed E-state index contributed by atoms with van der Waals surface area (Å²) in [5.74, 6) is -0.553. The lowest BCUT2D eigenvalue weighted by molar-refractivity contribution is -0.119. The van der Waals surface area contributed by atoms with Gasteiger partial charge in [-0.15, -0.1) is 5.10 Å². The number of nitrogens with one attached hydrogen (secondary N) is 1. The molecule has 0 aliphatic carbocycles. The zero-order valence-corrected chi connectivity index (χ0v) is 14.9. The van der Waals surface area contributed by atoms with Crippen molar-refractivity contribution < 1.29 is 22.0 Å². The van der Waals surface area contributed by atoms with E-state index in [2.05, 4.69) is 15.5 Å². The molecule has 25 heavy (non-hydrogen) atoms. The first-order chi connectivity index (χ1) is 11.5. The topological polar surface area (TPSA) is 94.0 Å². The molecule has 0 fully saturated rings. The lowest BCUT2D eigenvalue weighted by atomic mass is 10.1. The minimum Gasteiger partial charge on any atom is -0.324 e. The molecule has 0 spiro atoms. The van der Waals surface area contributed by atoms with Crippen LogP contribution in [0.1, 0.15) is 36.2 Å². The molecule has 0 aliphatic rings. The molecule has 10 heteroatoms. The van der Waals surface area contributed by atoms with Crippen LogP contribution in [-0.4, -0.2) is 35.6 Å². The second-order valence-electron chi connectivity index (χ2n) is 5.77. The third-order valence-electron chi connectivity index (χ3n) is 3.55. The number of alkyl halides is 2. The van der Waals surface area contributed by atoms with Crippen LogP contribution in [0.3, 0.4) is 0 Å². The smallest absolute Gasteiger partial charge is 0.285 e. The first-order valence-electron chi connectivity index (χ1n) is 7.33. The first kappa shape index (κ1) is 19.0. The maximum absolute atomic E-state index is 13.0. The zero-order chi connectivity index (χ0) is 18.9. The molecule has 136 valence electrons. The average molecular weight is 372 g/mol. The van der Waals surface area contributed by atoms with Gasteiger partial charge < -0.3 is 5.32 Å². The molecule has 1 heterocycles. The van der Waals surface area contributed by atoms with Crippen LogP contribution in [0.2, 0.25) is 0 Å². The number of carbonyl (C=O) groups excluding carboxylic acids is 1. The van der Waals surface area contributed by atoms with Gasteiger partial charge in [0.1, 0.15) is 6.04 Å². The maximum Gasteiger partial charge on any atom is 0.285 e. The van der Waals surface area contributed by atoms with Crippen molar-refractivity contribution in [1.29, 1.82) is 0 Å². The van der Waals surface area contributed by atoms with Crippen LogP contribution in [0.4, 0.5) is 14.5 Å². The number of rotatable bonds is 5. The van der Waals surface area contributed by atoms with Crippen LogP contribution >= 0.6 is 0 Å². The lowest BCUT2D eigenvalue weighted by Gasteiger charge is -2.13. The summed E-state index contributed by atoms with van der Waals surface area (Å²) in [4.78, 5) is 13.0. The molecule has 1 N–H and O–H groups in total. The maximum atomic E-state index is 13.0. The van der Waals surface area contributed by atoms with Crippen molar-refractivity contribution in [3.05, 3.63) is 35.0 Å². The van der Waals surface area contributed by atoms with Gasteiger partial charge in [0.2, 0.25) is 5.03 Å². The Morgan fingerprint density at radius 3 is 2.36 bits per heavy atom. The van der Waals surface area contributed by atoms with Crippen LogP contribution in [0.5, 0.6) is 0 Å². The number of hydrogen-bond donors (Lipinski definition) is 1. The number of halogens is 2. The van der Waals surface area contributed by atoms with Crippen LogP contribution in [0.25, 0.3) is 0 Å². The van der Waals surface area contributed by atoms with E-state index in [1.165, 1.54) is 6.92 Å². The number of aromatic nitrogens is 3. The molecule has 0 bridgehead atoms. The number of nitrogens with zero attached hydrogens (tertiary/aromatic N) is 3. The molecule has 7 nitrogen and oxygen atoms in total. The zero-order valence-electron chi connectivity index (χ0n) is 14.1. The van der Waals surface area contributed by atoms with E-state index < -0.39 is 38.9 Å².